The summed E-state index contributed by atoms with van der Waals surface area (Å²) in [5.74, 6) is 0. The molecule has 0 aliphatic heterocycles. The first-order valence-corrected chi connectivity index (χ1v) is 5.99. The minimum atomic E-state index is -0.230. The highest BCUT2D eigenvalue weighted by molar-refractivity contribution is 9.10. The Kier molecular flexibility index (Phi) is 3.15. The fraction of sp³-hybridized carbons (Fsp3) is 0.364. The summed E-state index contributed by atoms with van der Waals surface area (Å²) in [6.07, 6.45) is 3.64. The summed E-state index contributed by atoms with van der Waals surface area (Å²) in [5, 5.41) is 4.08. The monoisotopic (exact) mass is 296 g/mol. The van der Waals surface area contributed by atoms with E-state index in [9.17, 15) is 4.79 Å². The largest absolute Gasteiger partial charge is 0.348 e. The topological polar surface area (TPSA) is 52.7 Å². The molecule has 0 radical (unpaired) electrons. The van der Waals surface area contributed by atoms with Gasteiger partial charge in [-0.1, -0.05) is 0 Å². The summed E-state index contributed by atoms with van der Waals surface area (Å²) in [6.45, 7) is 4.20. The molecular formula is C11H13BrN4O. The minimum absolute atomic E-state index is 0.230. The minimum Gasteiger partial charge on any atom is -0.291 e. The van der Waals surface area contributed by atoms with Gasteiger partial charge >= 0.3 is 5.69 Å². The molecular weight excluding hydrogens is 284 g/mol. The maximum absolute atomic E-state index is 11.8. The quantitative estimate of drug-likeness (QED) is 0.842. The molecule has 17 heavy (non-hydrogen) atoms. The molecule has 6 heteroatoms. The van der Waals surface area contributed by atoms with Crippen molar-refractivity contribution in [2.75, 3.05) is 0 Å². The summed E-state index contributed by atoms with van der Waals surface area (Å²) in [4.78, 5) is 15.8. The number of hydrogen-bond donors (Lipinski definition) is 0. The molecule has 2 aromatic heterocycles. The van der Waals surface area contributed by atoms with Crippen molar-refractivity contribution in [3.63, 3.8) is 0 Å². The zero-order valence-corrected chi connectivity index (χ0v) is 11.5. The van der Waals surface area contributed by atoms with Crippen molar-refractivity contribution in [3.8, 4) is 0 Å². The van der Waals surface area contributed by atoms with Crippen molar-refractivity contribution in [2.45, 2.75) is 20.4 Å². The average Bonchev–Trinajstić information content (AvgIpc) is 2.67. The Bertz CT molecular complexity index is 614. The summed E-state index contributed by atoms with van der Waals surface area (Å²) in [5.41, 5.74) is 2.35. The van der Waals surface area contributed by atoms with E-state index in [0.717, 1.165) is 21.4 Å². The molecule has 0 aliphatic carbocycles. The summed E-state index contributed by atoms with van der Waals surface area (Å²) < 4.78 is 4.22. The molecule has 0 aromatic carbocycles. The zero-order valence-electron chi connectivity index (χ0n) is 9.94. The van der Waals surface area contributed by atoms with E-state index < -0.39 is 0 Å². The molecule has 0 spiro atoms. The lowest BCUT2D eigenvalue weighted by Gasteiger charge is -2.10. The Balaban J connectivity index is 2.46. The fourth-order valence-corrected chi connectivity index (χ4v) is 2.00. The Labute approximate surface area is 107 Å². The van der Waals surface area contributed by atoms with Crippen LogP contribution < -0.4 is 5.69 Å². The van der Waals surface area contributed by atoms with Gasteiger partial charge in [0.2, 0.25) is 0 Å². The van der Waals surface area contributed by atoms with Crippen molar-refractivity contribution in [2.24, 2.45) is 7.05 Å². The highest BCUT2D eigenvalue weighted by Gasteiger charge is 2.10. The number of rotatable bonds is 2. The second kappa shape index (κ2) is 4.44. The van der Waals surface area contributed by atoms with Crippen LogP contribution in [-0.2, 0) is 13.6 Å². The van der Waals surface area contributed by atoms with Gasteiger partial charge in [-0.2, -0.15) is 10.1 Å². The van der Waals surface area contributed by atoms with Gasteiger partial charge in [-0.25, -0.2) is 4.79 Å². The van der Waals surface area contributed by atoms with Crippen LogP contribution in [0.25, 0.3) is 0 Å². The normalized spacial score (nSPS) is 10.8. The van der Waals surface area contributed by atoms with Gasteiger partial charge in [0.1, 0.15) is 0 Å². The van der Waals surface area contributed by atoms with Crippen LogP contribution in [0.4, 0.5) is 0 Å². The Morgan fingerprint density at radius 3 is 2.71 bits per heavy atom. The summed E-state index contributed by atoms with van der Waals surface area (Å²) in [7, 11) is 1.85. The van der Waals surface area contributed by atoms with Crippen LogP contribution in [0, 0.1) is 13.8 Å². The van der Waals surface area contributed by atoms with Gasteiger partial charge in [0.25, 0.3) is 0 Å². The maximum atomic E-state index is 11.8. The van der Waals surface area contributed by atoms with E-state index in [1.165, 1.54) is 0 Å². The number of nitrogens with zero attached hydrogens (tertiary/aromatic N) is 4. The van der Waals surface area contributed by atoms with E-state index in [0.29, 0.717) is 6.54 Å². The number of aryl methyl sites for hydroxylation is 2. The van der Waals surface area contributed by atoms with Crippen LogP contribution in [0.3, 0.4) is 0 Å². The van der Waals surface area contributed by atoms with Gasteiger partial charge in [0.05, 0.1) is 22.9 Å². The van der Waals surface area contributed by atoms with Crippen LogP contribution in [0.1, 0.15) is 17.0 Å². The summed E-state index contributed by atoms with van der Waals surface area (Å²) in [6, 6.07) is 0. The fourth-order valence-electron chi connectivity index (χ4n) is 1.70. The Morgan fingerprint density at radius 2 is 2.12 bits per heavy atom. The van der Waals surface area contributed by atoms with Gasteiger partial charge in [0.15, 0.2) is 0 Å². The highest BCUT2D eigenvalue weighted by atomic mass is 79.9. The average molecular weight is 297 g/mol. The van der Waals surface area contributed by atoms with Crippen molar-refractivity contribution >= 4 is 15.9 Å². The molecule has 0 unspecified atom stereocenters. The first-order chi connectivity index (χ1) is 7.99. The van der Waals surface area contributed by atoms with E-state index in [1.54, 1.807) is 15.4 Å². The molecule has 0 aliphatic rings. The van der Waals surface area contributed by atoms with E-state index in [4.69, 9.17) is 0 Å². The van der Waals surface area contributed by atoms with Crippen molar-refractivity contribution in [1.82, 2.24) is 19.3 Å². The number of hydrogen-bond acceptors (Lipinski definition) is 3. The molecule has 0 saturated heterocycles. The van der Waals surface area contributed by atoms with E-state index in [2.05, 4.69) is 26.0 Å². The van der Waals surface area contributed by atoms with Crippen LogP contribution >= 0.6 is 15.9 Å². The third-order valence-corrected chi connectivity index (χ3v) is 3.78. The second-order valence-electron chi connectivity index (χ2n) is 3.99. The van der Waals surface area contributed by atoms with E-state index in [-0.39, 0.29) is 5.69 Å². The maximum Gasteiger partial charge on any atom is 0.348 e. The Hall–Kier alpha value is -1.43. The molecule has 0 saturated carbocycles. The molecule has 5 nitrogen and oxygen atoms in total. The first-order valence-electron chi connectivity index (χ1n) is 5.20. The van der Waals surface area contributed by atoms with E-state index >= 15 is 0 Å². The first kappa shape index (κ1) is 12.0. The SMILES string of the molecule is Cc1nc(=O)n(Cc2cnn(C)c2)c(C)c1Br. The number of aromatic nitrogens is 4. The van der Waals surface area contributed by atoms with Gasteiger partial charge in [-0.05, 0) is 29.8 Å². The van der Waals surface area contributed by atoms with Gasteiger partial charge in [-0.15, -0.1) is 0 Å². The molecule has 0 fully saturated rings. The smallest absolute Gasteiger partial charge is 0.291 e. The molecule has 2 heterocycles. The molecule has 0 amide bonds. The Morgan fingerprint density at radius 1 is 1.41 bits per heavy atom. The summed E-state index contributed by atoms with van der Waals surface area (Å²) >= 11 is 3.44. The predicted molar refractivity (Wildman–Crippen MR) is 68.0 cm³/mol. The molecule has 90 valence electrons. The predicted octanol–water partition coefficient (Wildman–Crippen LogP) is 1.40. The third kappa shape index (κ3) is 2.31. The van der Waals surface area contributed by atoms with Crippen molar-refractivity contribution in [3.05, 3.63) is 44.3 Å². The lowest BCUT2D eigenvalue weighted by molar-refractivity contribution is 0.687. The van der Waals surface area contributed by atoms with Crippen LogP contribution in [0.15, 0.2) is 21.7 Å². The van der Waals surface area contributed by atoms with Crippen molar-refractivity contribution in [1.29, 1.82) is 0 Å². The van der Waals surface area contributed by atoms with Gasteiger partial charge in [0, 0.05) is 24.5 Å². The molecule has 0 N–H and O–H groups in total. The molecule has 2 rings (SSSR count). The standard InChI is InChI=1S/C11H13BrN4O/c1-7-10(12)8(2)16(11(17)14-7)6-9-4-13-15(3)5-9/h4-5H,6H2,1-3H3. The number of halogens is 1. The molecule has 0 atom stereocenters. The lowest BCUT2D eigenvalue weighted by Crippen LogP contribution is -2.26. The highest BCUT2D eigenvalue weighted by Crippen LogP contribution is 2.17. The van der Waals surface area contributed by atoms with Gasteiger partial charge in [-0.3, -0.25) is 9.25 Å². The molecule has 0 bridgehead atoms. The molecule has 2 aromatic rings. The van der Waals surface area contributed by atoms with Crippen LogP contribution in [0.5, 0.6) is 0 Å². The zero-order chi connectivity index (χ0) is 12.6. The van der Waals surface area contributed by atoms with Crippen molar-refractivity contribution < 1.29 is 0 Å². The van der Waals surface area contributed by atoms with Crippen LogP contribution in [0.2, 0.25) is 0 Å². The van der Waals surface area contributed by atoms with Gasteiger partial charge < -0.3 is 0 Å². The van der Waals surface area contributed by atoms with E-state index in [1.807, 2.05) is 27.1 Å². The lowest BCUT2D eigenvalue weighted by atomic mass is 10.3. The second-order valence-corrected chi connectivity index (χ2v) is 4.78. The van der Waals surface area contributed by atoms with Crippen LogP contribution in [-0.4, -0.2) is 19.3 Å². The third-order valence-electron chi connectivity index (χ3n) is 2.63.